The number of nitrogens with one attached hydrogen (secondary N) is 4. The minimum Gasteiger partial charge on any atom is -0.481 e. The van der Waals surface area contributed by atoms with E-state index < -0.39 is 53.7 Å². The van der Waals surface area contributed by atoms with Gasteiger partial charge in [0.1, 0.15) is 16.7 Å². The molecule has 0 spiro atoms. The van der Waals surface area contributed by atoms with E-state index in [1.165, 1.54) is 0 Å². The zero-order chi connectivity index (χ0) is 43.3. The van der Waals surface area contributed by atoms with Crippen LogP contribution in [-0.4, -0.2) is 113 Å². The number of aromatic nitrogens is 1. The van der Waals surface area contributed by atoms with E-state index in [2.05, 4.69) is 26.3 Å². The van der Waals surface area contributed by atoms with Gasteiger partial charge in [-0.3, -0.25) is 28.9 Å². The summed E-state index contributed by atoms with van der Waals surface area (Å²) < 4.78 is 5.90. The van der Waals surface area contributed by atoms with Crippen LogP contribution in [0.15, 0.2) is 29.6 Å². The van der Waals surface area contributed by atoms with Gasteiger partial charge in [0.25, 0.3) is 5.91 Å². The Morgan fingerprint density at radius 3 is 2.28 bits per heavy atom. The standard InChI is InChI=1S/C41H64N8O8S/c1-10-25(5)34(47-39(55)41(7)17-12-18-48(41)8)37(52)49(9)31(24(3)4)21-32(57-40(56)43-11-2)36-46-30(23-58-36)35(51)45-29(19-26(6)38(53)54)20-27-13-15-28(16-14-27)44-33(50)22-42/h13-16,23-26,29,31-32,34H,10-12,17-22,42H2,1-9H3,(H,43,56)(H,44,50)(H,45,51)(H,47,55)(H,53,54)/t25-,26-,29+,31+,32?,34-,41+/m0/s1. The van der Waals surface area contributed by atoms with Crippen molar-refractivity contribution in [3.8, 4) is 0 Å². The van der Waals surface area contributed by atoms with Gasteiger partial charge < -0.3 is 41.7 Å². The second-order valence-electron chi connectivity index (χ2n) is 15.9. The van der Waals surface area contributed by atoms with Crippen LogP contribution in [0.3, 0.4) is 0 Å². The summed E-state index contributed by atoms with van der Waals surface area (Å²) in [4.78, 5) is 86.4. The molecule has 1 aliphatic heterocycles. The molecule has 7 atom stereocenters. The Labute approximate surface area is 346 Å². The number of anilines is 1. The molecule has 17 heteroatoms. The quantitative estimate of drug-likeness (QED) is 0.105. The zero-order valence-corrected chi connectivity index (χ0v) is 36.2. The SMILES string of the molecule is CCNC(=O)OC(C[C@H](C(C)C)N(C)C(=O)[C@@H](NC(=O)[C@@]1(C)CCCN1C)[C@@H](C)CC)c1nc(C(=O)N[C@@H](Cc2ccc(NC(=O)CN)cc2)C[C@H](C)C(=O)O)cs1. The van der Waals surface area contributed by atoms with Crippen molar-refractivity contribution in [2.75, 3.05) is 39.0 Å². The molecule has 1 saturated heterocycles. The molecule has 3 rings (SSSR count). The molecule has 0 saturated carbocycles. The van der Waals surface area contributed by atoms with E-state index >= 15 is 0 Å². The van der Waals surface area contributed by atoms with Gasteiger partial charge in [0, 0.05) is 43.2 Å². The first kappa shape index (κ1) is 47.8. The summed E-state index contributed by atoms with van der Waals surface area (Å²) in [5.74, 6) is -3.33. The number of likely N-dealkylation sites (tertiary alicyclic amines) is 1. The van der Waals surface area contributed by atoms with Crippen LogP contribution in [-0.2, 0) is 30.3 Å². The smallest absolute Gasteiger partial charge is 0.407 e. The molecule has 1 fully saturated rings. The summed E-state index contributed by atoms with van der Waals surface area (Å²) in [6, 6.07) is 5.14. The van der Waals surface area contributed by atoms with Crippen molar-refractivity contribution in [1.82, 2.24) is 30.7 Å². The van der Waals surface area contributed by atoms with Crippen LogP contribution in [0.1, 0.15) is 108 Å². The molecule has 5 amide bonds. The van der Waals surface area contributed by atoms with Gasteiger partial charge in [-0.05, 0) is 82.7 Å². The van der Waals surface area contributed by atoms with Crippen LogP contribution in [0.2, 0.25) is 0 Å². The average molecular weight is 829 g/mol. The highest BCUT2D eigenvalue weighted by Gasteiger charge is 2.44. The van der Waals surface area contributed by atoms with Crippen molar-refractivity contribution in [2.45, 2.75) is 117 Å². The maximum atomic E-state index is 14.3. The van der Waals surface area contributed by atoms with Crippen LogP contribution in [0.4, 0.5) is 10.5 Å². The Bertz CT molecular complexity index is 1720. The van der Waals surface area contributed by atoms with Gasteiger partial charge in [0.2, 0.25) is 17.7 Å². The molecule has 1 aromatic carbocycles. The van der Waals surface area contributed by atoms with E-state index in [1.807, 2.05) is 46.6 Å². The Morgan fingerprint density at radius 1 is 1.05 bits per heavy atom. The van der Waals surface area contributed by atoms with Crippen molar-refractivity contribution >= 4 is 52.7 Å². The number of ether oxygens (including phenoxy) is 1. The second kappa shape index (κ2) is 22.0. The molecule has 16 nitrogen and oxygen atoms in total. The lowest BCUT2D eigenvalue weighted by atomic mass is 9.91. The highest BCUT2D eigenvalue weighted by atomic mass is 32.1. The molecule has 1 aromatic heterocycles. The Kier molecular flexibility index (Phi) is 18.1. The number of hydrogen-bond acceptors (Lipinski definition) is 11. The predicted molar refractivity (Wildman–Crippen MR) is 223 cm³/mol. The lowest BCUT2D eigenvalue weighted by molar-refractivity contribution is -0.142. The van der Waals surface area contributed by atoms with Gasteiger partial charge >= 0.3 is 12.1 Å². The molecule has 2 heterocycles. The van der Waals surface area contributed by atoms with Crippen molar-refractivity contribution in [3.63, 3.8) is 0 Å². The van der Waals surface area contributed by atoms with Gasteiger partial charge in [0.05, 0.1) is 18.0 Å². The first-order chi connectivity index (χ1) is 27.3. The summed E-state index contributed by atoms with van der Waals surface area (Å²) in [5, 5.41) is 22.9. The second-order valence-corrected chi connectivity index (χ2v) is 16.8. The summed E-state index contributed by atoms with van der Waals surface area (Å²) >= 11 is 1.14. The summed E-state index contributed by atoms with van der Waals surface area (Å²) in [6.45, 7) is 14.0. The van der Waals surface area contributed by atoms with E-state index in [-0.39, 0.29) is 54.6 Å². The molecule has 322 valence electrons. The van der Waals surface area contributed by atoms with Gasteiger partial charge in [-0.2, -0.15) is 0 Å². The van der Waals surface area contributed by atoms with Crippen molar-refractivity contribution in [1.29, 1.82) is 0 Å². The molecule has 1 aliphatic rings. The van der Waals surface area contributed by atoms with Gasteiger partial charge in [-0.1, -0.05) is 53.2 Å². The number of rotatable bonds is 21. The number of amides is 5. The number of nitrogens with zero attached hydrogens (tertiary/aromatic N) is 3. The van der Waals surface area contributed by atoms with Crippen LogP contribution in [0.25, 0.3) is 0 Å². The largest absolute Gasteiger partial charge is 0.481 e. The summed E-state index contributed by atoms with van der Waals surface area (Å²) in [6.07, 6.45) is 1.23. The van der Waals surface area contributed by atoms with Crippen molar-refractivity contribution in [2.24, 2.45) is 23.5 Å². The van der Waals surface area contributed by atoms with Crippen molar-refractivity contribution in [3.05, 3.63) is 45.9 Å². The van der Waals surface area contributed by atoms with Crippen LogP contribution >= 0.6 is 11.3 Å². The van der Waals surface area contributed by atoms with E-state index in [9.17, 15) is 33.9 Å². The number of nitrogens with two attached hydrogens (primary N) is 1. The minimum absolute atomic E-state index is 0.0628. The first-order valence-electron chi connectivity index (χ1n) is 20.2. The normalized spacial score (nSPS) is 18.6. The molecular weight excluding hydrogens is 765 g/mol. The van der Waals surface area contributed by atoms with E-state index in [0.717, 1.165) is 29.9 Å². The summed E-state index contributed by atoms with van der Waals surface area (Å²) in [5.41, 5.74) is 6.09. The van der Waals surface area contributed by atoms with Crippen molar-refractivity contribution < 1.29 is 38.6 Å². The molecule has 0 aliphatic carbocycles. The third-order valence-electron chi connectivity index (χ3n) is 11.2. The maximum absolute atomic E-state index is 14.3. The number of carboxylic acids is 1. The molecule has 1 unspecified atom stereocenters. The zero-order valence-electron chi connectivity index (χ0n) is 35.4. The number of hydrogen-bond donors (Lipinski definition) is 6. The maximum Gasteiger partial charge on any atom is 0.407 e. The molecule has 58 heavy (non-hydrogen) atoms. The van der Waals surface area contributed by atoms with Gasteiger partial charge in [-0.25, -0.2) is 9.78 Å². The number of thiazole rings is 1. The number of benzene rings is 1. The number of alkyl carbamates (subject to hydrolysis) is 1. The van der Waals surface area contributed by atoms with Crippen LogP contribution < -0.4 is 27.0 Å². The Morgan fingerprint density at radius 2 is 1.72 bits per heavy atom. The fourth-order valence-corrected chi connectivity index (χ4v) is 7.94. The van der Waals surface area contributed by atoms with E-state index in [4.69, 9.17) is 10.5 Å². The fraction of sp³-hybridized carbons (Fsp3) is 0.634. The number of carboxylic acid groups (broad SMARTS) is 1. The fourth-order valence-electron chi connectivity index (χ4n) is 7.10. The Balaban J connectivity index is 1.87. The molecule has 0 bridgehead atoms. The number of likely N-dealkylation sites (N-methyl/N-ethyl adjacent to an activating group) is 2. The van der Waals surface area contributed by atoms with Gasteiger partial charge in [-0.15, -0.1) is 11.3 Å². The topological polar surface area (TPSA) is 225 Å². The summed E-state index contributed by atoms with van der Waals surface area (Å²) in [7, 11) is 3.62. The average Bonchev–Trinajstić information content (AvgIpc) is 3.82. The third kappa shape index (κ3) is 12.9. The van der Waals surface area contributed by atoms with Gasteiger partial charge in [0.15, 0.2) is 6.10 Å². The highest BCUT2D eigenvalue weighted by Crippen LogP contribution is 2.32. The van der Waals surface area contributed by atoms with E-state index in [1.54, 1.807) is 55.4 Å². The lowest BCUT2D eigenvalue weighted by Gasteiger charge is -2.38. The number of aliphatic carboxylic acids is 1. The third-order valence-corrected chi connectivity index (χ3v) is 12.2. The molecule has 2 aromatic rings. The van der Waals surface area contributed by atoms with E-state index in [0.29, 0.717) is 36.5 Å². The molecule has 0 radical (unpaired) electrons. The lowest BCUT2D eigenvalue weighted by Crippen LogP contribution is -2.60. The number of carbonyl (C=O) groups is 6. The molecule has 7 N–H and O–H groups in total. The predicted octanol–water partition coefficient (Wildman–Crippen LogP) is 4.17. The van der Waals surface area contributed by atoms with Crippen LogP contribution in [0.5, 0.6) is 0 Å². The minimum atomic E-state index is -1.00. The first-order valence-corrected chi connectivity index (χ1v) is 21.0. The molecular formula is C41H64N8O8S. The highest BCUT2D eigenvalue weighted by molar-refractivity contribution is 7.09. The number of carbonyl (C=O) groups excluding carboxylic acids is 5. The van der Waals surface area contributed by atoms with Crippen LogP contribution in [0, 0.1) is 17.8 Å². The monoisotopic (exact) mass is 828 g/mol. The Hall–Kier alpha value is -4.61.